The van der Waals surface area contributed by atoms with Crippen LogP contribution in [0.25, 0.3) is 27.7 Å². The number of allylic oxidation sites excluding steroid dienone is 1. The number of rotatable bonds is 6. The molecular formula is C29H26FNO5. The Morgan fingerprint density at radius 3 is 2.58 bits per heavy atom. The van der Waals surface area contributed by atoms with Crippen molar-refractivity contribution < 1.29 is 27.8 Å². The molecule has 1 aliphatic rings. The van der Waals surface area contributed by atoms with Crippen LogP contribution in [0, 0.1) is 12.7 Å². The van der Waals surface area contributed by atoms with Crippen molar-refractivity contribution in [2.24, 2.45) is 0 Å². The van der Waals surface area contributed by atoms with Gasteiger partial charge < -0.3 is 23.9 Å². The van der Waals surface area contributed by atoms with Gasteiger partial charge in [0.1, 0.15) is 30.4 Å². The average molecular weight is 488 g/mol. The van der Waals surface area contributed by atoms with Gasteiger partial charge in [0.2, 0.25) is 5.91 Å². The molecule has 0 fully saturated rings. The van der Waals surface area contributed by atoms with Crippen LogP contribution in [0.2, 0.25) is 0 Å². The maximum Gasteiger partial charge on any atom is 0.248 e. The Bertz CT molecular complexity index is 1470. The summed E-state index contributed by atoms with van der Waals surface area (Å²) in [5, 5.41) is 3.75. The molecule has 0 atom stereocenters. The molecule has 0 bridgehead atoms. The maximum absolute atomic E-state index is 13.5. The smallest absolute Gasteiger partial charge is 0.248 e. The molecule has 0 spiro atoms. The van der Waals surface area contributed by atoms with Gasteiger partial charge in [-0.15, -0.1) is 0 Å². The summed E-state index contributed by atoms with van der Waals surface area (Å²) in [6.45, 7) is 7.14. The summed E-state index contributed by atoms with van der Waals surface area (Å²) in [7, 11) is 0. The highest BCUT2D eigenvalue weighted by molar-refractivity contribution is 6.06. The van der Waals surface area contributed by atoms with E-state index < -0.39 is 0 Å². The second-order valence-corrected chi connectivity index (χ2v) is 8.52. The van der Waals surface area contributed by atoms with E-state index in [4.69, 9.17) is 18.6 Å². The number of ether oxygens (including phenoxy) is 3. The Balaban J connectivity index is 1.50. The van der Waals surface area contributed by atoms with Crippen LogP contribution in [-0.2, 0) is 4.79 Å². The van der Waals surface area contributed by atoms with Gasteiger partial charge in [-0.3, -0.25) is 4.79 Å². The van der Waals surface area contributed by atoms with Gasteiger partial charge in [-0.25, -0.2) is 4.39 Å². The van der Waals surface area contributed by atoms with Gasteiger partial charge in [0.25, 0.3) is 0 Å². The highest BCUT2D eigenvalue weighted by Crippen LogP contribution is 2.41. The molecule has 0 unspecified atom stereocenters. The van der Waals surface area contributed by atoms with Crippen LogP contribution in [0.4, 0.5) is 10.1 Å². The Hall–Kier alpha value is -4.26. The molecule has 2 heterocycles. The molecule has 0 saturated heterocycles. The highest BCUT2D eigenvalue weighted by Gasteiger charge is 2.19. The fourth-order valence-corrected chi connectivity index (χ4v) is 4.37. The molecule has 1 N–H and O–H groups in total. The predicted octanol–water partition coefficient (Wildman–Crippen LogP) is 6.76. The second kappa shape index (κ2) is 9.77. The molecule has 1 amide bonds. The van der Waals surface area contributed by atoms with Crippen LogP contribution in [-0.4, -0.2) is 25.7 Å². The summed E-state index contributed by atoms with van der Waals surface area (Å²) in [5.74, 6) is 1.34. The Labute approximate surface area is 208 Å². The van der Waals surface area contributed by atoms with Crippen LogP contribution in [0.15, 0.2) is 65.3 Å². The number of fused-ring (bicyclic) bond motifs is 2. The summed E-state index contributed by atoms with van der Waals surface area (Å²) in [6, 6.07) is 13.5. The number of halogens is 1. The first-order valence-electron chi connectivity index (χ1n) is 11.8. The number of carbonyl (C=O) groups excluding carboxylic acids is 1. The lowest BCUT2D eigenvalue weighted by Gasteiger charge is -2.19. The van der Waals surface area contributed by atoms with Crippen molar-refractivity contribution in [1.29, 1.82) is 0 Å². The molecule has 7 heteroatoms. The minimum Gasteiger partial charge on any atom is -0.493 e. The normalized spacial score (nSPS) is 13.1. The largest absolute Gasteiger partial charge is 0.493 e. The summed E-state index contributed by atoms with van der Waals surface area (Å²) in [4.78, 5) is 12.9. The van der Waals surface area contributed by atoms with Crippen LogP contribution in [0.1, 0.15) is 25.0 Å². The van der Waals surface area contributed by atoms with Crippen molar-refractivity contribution in [3.63, 3.8) is 0 Å². The van der Waals surface area contributed by atoms with Gasteiger partial charge in [0.15, 0.2) is 11.5 Å². The van der Waals surface area contributed by atoms with E-state index in [1.165, 1.54) is 18.2 Å². The molecule has 4 aromatic rings. The van der Waals surface area contributed by atoms with Crippen molar-refractivity contribution in [3.8, 4) is 28.4 Å². The van der Waals surface area contributed by atoms with E-state index in [1.54, 1.807) is 36.6 Å². The number of aryl methyl sites for hydroxylation is 1. The maximum atomic E-state index is 13.5. The molecule has 5 rings (SSSR count). The number of hydrogen-bond acceptors (Lipinski definition) is 5. The Morgan fingerprint density at radius 2 is 1.83 bits per heavy atom. The molecule has 0 saturated carbocycles. The van der Waals surface area contributed by atoms with Crippen LogP contribution >= 0.6 is 0 Å². The SMILES string of the molecule is CCOc1c(/C(C)=C/C(=O)Nc2ccc3c(c2)OCCO3)cc2c(-c3ccc(F)cc3)coc2c1C. The summed E-state index contributed by atoms with van der Waals surface area (Å²) < 4.78 is 36.5. The van der Waals surface area contributed by atoms with E-state index in [-0.39, 0.29) is 11.7 Å². The van der Waals surface area contributed by atoms with Gasteiger partial charge in [-0.1, -0.05) is 12.1 Å². The summed E-state index contributed by atoms with van der Waals surface area (Å²) >= 11 is 0. The zero-order valence-corrected chi connectivity index (χ0v) is 20.3. The van der Waals surface area contributed by atoms with Gasteiger partial charge in [-0.05, 0) is 62.2 Å². The monoisotopic (exact) mass is 487 g/mol. The summed E-state index contributed by atoms with van der Waals surface area (Å²) in [5.41, 5.74) is 5.31. The molecular weight excluding hydrogens is 461 g/mol. The molecule has 1 aromatic heterocycles. The number of hydrogen-bond donors (Lipinski definition) is 1. The molecule has 0 aliphatic carbocycles. The van der Waals surface area contributed by atoms with E-state index in [0.29, 0.717) is 48.3 Å². The first kappa shape index (κ1) is 23.5. The number of benzene rings is 3. The molecule has 0 radical (unpaired) electrons. The molecule has 6 nitrogen and oxygen atoms in total. The third-order valence-electron chi connectivity index (χ3n) is 6.07. The third kappa shape index (κ3) is 4.52. The lowest BCUT2D eigenvalue weighted by Crippen LogP contribution is -2.16. The lowest BCUT2D eigenvalue weighted by atomic mass is 9.96. The highest BCUT2D eigenvalue weighted by atomic mass is 19.1. The number of carbonyl (C=O) groups is 1. The quantitative estimate of drug-likeness (QED) is 0.304. The van der Waals surface area contributed by atoms with Crippen LogP contribution in [0.3, 0.4) is 0 Å². The van der Waals surface area contributed by atoms with Crippen LogP contribution in [0.5, 0.6) is 17.2 Å². The van der Waals surface area contributed by atoms with Crippen molar-refractivity contribution in [2.75, 3.05) is 25.1 Å². The standard InChI is InChI=1S/C29H26FNO5/c1-4-33-28-18(3)29-23(24(16-36-29)19-5-7-20(30)8-6-19)15-22(28)17(2)13-27(32)31-21-9-10-25-26(14-21)35-12-11-34-25/h5-10,13-16H,4,11-12H2,1-3H3,(H,31,32)/b17-13+. The van der Waals surface area contributed by atoms with E-state index in [0.717, 1.165) is 33.2 Å². The second-order valence-electron chi connectivity index (χ2n) is 8.52. The number of furan rings is 1. The van der Waals surface area contributed by atoms with E-state index in [1.807, 2.05) is 26.8 Å². The van der Waals surface area contributed by atoms with Crippen LogP contribution < -0.4 is 19.5 Å². The van der Waals surface area contributed by atoms with E-state index in [9.17, 15) is 9.18 Å². The lowest BCUT2D eigenvalue weighted by molar-refractivity contribution is -0.111. The van der Waals surface area contributed by atoms with Crippen molar-refractivity contribution in [3.05, 3.63) is 77.8 Å². The number of amides is 1. The number of nitrogens with one attached hydrogen (secondary N) is 1. The van der Waals surface area contributed by atoms with E-state index >= 15 is 0 Å². The molecule has 36 heavy (non-hydrogen) atoms. The van der Waals surface area contributed by atoms with E-state index in [2.05, 4.69) is 5.32 Å². The zero-order valence-electron chi connectivity index (χ0n) is 20.3. The first-order valence-corrected chi connectivity index (χ1v) is 11.8. The number of anilines is 1. The predicted molar refractivity (Wildman–Crippen MR) is 137 cm³/mol. The minimum absolute atomic E-state index is 0.282. The van der Waals surface area contributed by atoms with Gasteiger partial charge in [-0.2, -0.15) is 0 Å². The molecule has 1 aliphatic heterocycles. The van der Waals surface area contributed by atoms with Crippen molar-refractivity contribution in [1.82, 2.24) is 0 Å². The topological polar surface area (TPSA) is 69.9 Å². The average Bonchev–Trinajstić information content (AvgIpc) is 3.30. The molecule has 184 valence electrons. The van der Waals surface area contributed by atoms with Gasteiger partial charge >= 0.3 is 0 Å². The van der Waals surface area contributed by atoms with Crippen molar-refractivity contribution >= 4 is 28.1 Å². The molecule has 3 aromatic carbocycles. The first-order chi connectivity index (χ1) is 17.4. The summed E-state index contributed by atoms with van der Waals surface area (Å²) in [6.07, 6.45) is 3.20. The zero-order chi connectivity index (χ0) is 25.2. The Kier molecular flexibility index (Phi) is 6.38. The fourth-order valence-electron chi connectivity index (χ4n) is 4.37. The van der Waals surface area contributed by atoms with Gasteiger partial charge in [0, 0.05) is 39.9 Å². The third-order valence-corrected chi connectivity index (χ3v) is 6.07. The Morgan fingerprint density at radius 1 is 1.08 bits per heavy atom. The van der Waals surface area contributed by atoms with Crippen molar-refractivity contribution in [2.45, 2.75) is 20.8 Å². The fraction of sp³-hybridized carbons (Fsp3) is 0.207. The minimum atomic E-state index is -0.301. The van der Waals surface area contributed by atoms with Gasteiger partial charge in [0.05, 0.1) is 12.9 Å².